The van der Waals surface area contributed by atoms with Crippen LogP contribution in [0.5, 0.6) is 11.5 Å². The number of carbonyl (C=O) groups excluding carboxylic acids is 5. The van der Waals surface area contributed by atoms with Crippen molar-refractivity contribution in [2.24, 2.45) is 0 Å². The summed E-state index contributed by atoms with van der Waals surface area (Å²) in [4.78, 5) is 109. The molecule has 28 heteroatoms. The SMILES string of the molecule is C=C=COOCCOCCOc1c(CCOCCOOOC=C=C)ccc(/C=C/C(=O)OC2CCC(OC(=O)/C=C/c3ccc(CCOCCOOC(=O)C=C)c(CCOCCOOC(=O)C=C)c3CCOCCOOOC=C=C)CC2)c1OCCOCCOC(=O)C=C. The topological polar surface area (TPSA) is 298 Å². The second-order valence-corrected chi connectivity index (χ2v) is 18.6. The van der Waals surface area contributed by atoms with Gasteiger partial charge in [0, 0.05) is 41.5 Å². The van der Waals surface area contributed by atoms with E-state index >= 15 is 0 Å². The van der Waals surface area contributed by atoms with Gasteiger partial charge in [-0.15, -0.1) is 0 Å². The zero-order valence-corrected chi connectivity index (χ0v) is 52.7. The highest BCUT2D eigenvalue weighted by molar-refractivity contribution is 5.89. The van der Waals surface area contributed by atoms with Gasteiger partial charge >= 0.3 is 29.8 Å². The van der Waals surface area contributed by atoms with Crippen molar-refractivity contribution in [2.75, 3.05) is 132 Å². The third-order valence-electron chi connectivity index (χ3n) is 12.2. The molecule has 0 heterocycles. The quantitative estimate of drug-likeness (QED) is 0.00905. The average Bonchev–Trinajstić information content (AvgIpc) is 0.901. The Morgan fingerprint density at radius 2 is 0.798 bits per heavy atom. The molecular weight excluding hydrogens is 1240 g/mol. The van der Waals surface area contributed by atoms with Crippen molar-refractivity contribution in [1.29, 1.82) is 0 Å². The van der Waals surface area contributed by atoms with Gasteiger partial charge in [-0.25, -0.2) is 24.0 Å². The first kappa shape index (κ1) is 79.8. The molecule has 0 bridgehead atoms. The van der Waals surface area contributed by atoms with E-state index in [-0.39, 0.29) is 138 Å². The summed E-state index contributed by atoms with van der Waals surface area (Å²) in [6.45, 7) is 22.5. The monoisotopic (exact) mass is 1320 g/mol. The first-order valence-electron chi connectivity index (χ1n) is 29.8. The summed E-state index contributed by atoms with van der Waals surface area (Å²) in [6, 6.07) is 7.37. The van der Waals surface area contributed by atoms with Gasteiger partial charge in [0.15, 0.2) is 30.3 Å². The van der Waals surface area contributed by atoms with E-state index in [9.17, 15) is 24.0 Å². The molecule has 516 valence electrons. The van der Waals surface area contributed by atoms with Crippen molar-refractivity contribution in [3.8, 4) is 11.5 Å². The van der Waals surface area contributed by atoms with Crippen LogP contribution in [0.25, 0.3) is 12.2 Å². The summed E-state index contributed by atoms with van der Waals surface area (Å²) in [5.41, 5.74) is 11.7. The van der Waals surface area contributed by atoms with Gasteiger partial charge in [0.25, 0.3) is 0 Å². The number of esters is 3. The second kappa shape index (κ2) is 54.0. The van der Waals surface area contributed by atoms with Crippen LogP contribution in [0.2, 0.25) is 0 Å². The van der Waals surface area contributed by atoms with E-state index in [2.05, 4.69) is 86.3 Å². The van der Waals surface area contributed by atoms with Crippen molar-refractivity contribution in [2.45, 2.75) is 63.6 Å². The van der Waals surface area contributed by atoms with Crippen LogP contribution >= 0.6 is 0 Å². The molecule has 0 amide bonds. The van der Waals surface area contributed by atoms with E-state index in [1.807, 2.05) is 18.2 Å². The van der Waals surface area contributed by atoms with E-state index in [0.29, 0.717) is 73.8 Å². The first-order chi connectivity index (χ1) is 46.1. The fourth-order valence-electron chi connectivity index (χ4n) is 8.07. The molecule has 94 heavy (non-hydrogen) atoms. The van der Waals surface area contributed by atoms with Crippen molar-refractivity contribution in [3.05, 3.63) is 163 Å². The summed E-state index contributed by atoms with van der Waals surface area (Å²) in [7, 11) is 0. The number of hydrogen-bond acceptors (Lipinski definition) is 28. The molecule has 3 rings (SSSR count). The van der Waals surface area contributed by atoms with Crippen LogP contribution in [0.15, 0.2) is 130 Å². The van der Waals surface area contributed by atoms with Gasteiger partial charge in [0.1, 0.15) is 65.1 Å². The van der Waals surface area contributed by atoms with Crippen LogP contribution in [-0.2, 0) is 151 Å². The lowest BCUT2D eigenvalue weighted by atomic mass is 9.90. The minimum atomic E-state index is -0.743. The molecule has 0 radical (unpaired) electrons. The van der Waals surface area contributed by atoms with Gasteiger partial charge in [0.05, 0.1) is 79.3 Å². The maximum absolute atomic E-state index is 13.5. The van der Waals surface area contributed by atoms with Crippen LogP contribution in [0.1, 0.15) is 59.1 Å². The summed E-state index contributed by atoms with van der Waals surface area (Å²) < 4.78 is 63.9. The zero-order chi connectivity index (χ0) is 67.7. The number of rotatable bonds is 57. The Kier molecular flexibility index (Phi) is 45.8. The number of carbonyl (C=O) groups is 5. The van der Waals surface area contributed by atoms with Crippen LogP contribution in [0.4, 0.5) is 0 Å². The summed E-state index contributed by atoms with van der Waals surface area (Å²) >= 11 is 0. The summed E-state index contributed by atoms with van der Waals surface area (Å²) in [6.07, 6.45) is 14.5. The van der Waals surface area contributed by atoms with Gasteiger partial charge in [-0.2, -0.15) is 24.4 Å². The molecule has 2 aromatic carbocycles. The van der Waals surface area contributed by atoms with Gasteiger partial charge < -0.3 is 66.8 Å². The largest absolute Gasteiger partial charge is 0.487 e. The minimum Gasteiger partial charge on any atom is -0.487 e. The molecule has 28 nitrogen and oxygen atoms in total. The standard InChI is InChI=1S/C66H84O28/c1-7-29-81-82-47-39-77-38-46-80-66-55(26-33-73-42-50-87-93-85-30-8-2)16-15-54(65(66)79-45-37-76-36-44-78-60(67)10-4)18-24-64(71)90-57-21-19-56(20-22-57)89-63(70)23-17-52-13-14-53(25-32-72-40-48-83-91-61(68)11-5)59(28-35-74-41-49-84-92-62(69)12-6)58(52)27-34-75-43-51-88-94-86-31-9-3/h10-18,23-24,29-31,56-57H,1-6,19-22,25-28,32-51H2/b23-17+,24-18+. The second-order valence-electron chi connectivity index (χ2n) is 18.6. The van der Waals surface area contributed by atoms with E-state index in [4.69, 9.17) is 81.4 Å². The van der Waals surface area contributed by atoms with Gasteiger partial charge in [-0.3, -0.25) is 9.78 Å². The number of benzene rings is 2. The molecule has 0 saturated heterocycles. The van der Waals surface area contributed by atoms with Crippen molar-refractivity contribution >= 4 is 42.0 Å². The van der Waals surface area contributed by atoms with Crippen LogP contribution < -0.4 is 9.47 Å². The molecule has 2 aromatic rings. The molecule has 1 saturated carbocycles. The van der Waals surface area contributed by atoms with E-state index in [1.165, 1.54) is 12.2 Å². The third kappa shape index (κ3) is 37.9. The molecule has 0 aromatic heterocycles. The maximum atomic E-state index is 13.5. The van der Waals surface area contributed by atoms with Gasteiger partial charge in [-0.1, -0.05) is 80.9 Å². The Bertz CT molecular complexity index is 2770. The van der Waals surface area contributed by atoms with Crippen LogP contribution in [0.3, 0.4) is 0 Å². The Hall–Kier alpha value is -8.47. The lowest BCUT2D eigenvalue weighted by Gasteiger charge is -2.27. The predicted molar refractivity (Wildman–Crippen MR) is 330 cm³/mol. The lowest BCUT2D eigenvalue weighted by molar-refractivity contribution is -0.491. The molecule has 0 N–H and O–H groups in total. The molecular formula is C66H84O28. The molecule has 1 aliphatic rings. The Labute approximate surface area is 546 Å². The van der Waals surface area contributed by atoms with Crippen molar-refractivity contribution < 1.29 is 135 Å². The summed E-state index contributed by atoms with van der Waals surface area (Å²) in [5.74, 6) is -2.62. The first-order valence-corrected chi connectivity index (χ1v) is 29.8. The fourth-order valence-corrected chi connectivity index (χ4v) is 8.07. The molecule has 1 fully saturated rings. The highest BCUT2D eigenvalue weighted by atomic mass is 17.5. The average molecular weight is 1330 g/mol. The van der Waals surface area contributed by atoms with Gasteiger partial charge in [-0.05, 0) is 95.8 Å². The van der Waals surface area contributed by atoms with E-state index in [1.54, 1.807) is 18.2 Å². The van der Waals surface area contributed by atoms with Crippen molar-refractivity contribution in [3.63, 3.8) is 0 Å². The highest BCUT2D eigenvalue weighted by Gasteiger charge is 2.26. The Morgan fingerprint density at radius 3 is 1.32 bits per heavy atom. The number of hydrogen-bond donors (Lipinski definition) is 0. The van der Waals surface area contributed by atoms with Crippen molar-refractivity contribution in [1.82, 2.24) is 0 Å². The molecule has 0 unspecified atom stereocenters. The fraction of sp³-hybridized carbons (Fsp3) is 0.455. The maximum Gasteiger partial charge on any atom is 0.365 e. The predicted octanol–water partition coefficient (Wildman–Crippen LogP) is 7.49. The molecule has 0 aliphatic heterocycles. The lowest BCUT2D eigenvalue weighted by Crippen LogP contribution is -2.29. The van der Waals surface area contributed by atoms with E-state index < -0.39 is 42.1 Å². The smallest absolute Gasteiger partial charge is 0.365 e. The third-order valence-corrected chi connectivity index (χ3v) is 12.2. The summed E-state index contributed by atoms with van der Waals surface area (Å²) in [5, 5.41) is 9.07. The number of ether oxygens (including phenoxy) is 11. The van der Waals surface area contributed by atoms with E-state index in [0.717, 1.165) is 53.7 Å². The van der Waals surface area contributed by atoms with Crippen LogP contribution in [0, 0.1) is 0 Å². The molecule has 0 spiro atoms. The Morgan fingerprint density at radius 1 is 0.394 bits per heavy atom. The Balaban J connectivity index is 1.77. The minimum absolute atomic E-state index is 0.00322. The molecule has 1 aliphatic carbocycles. The molecule has 0 atom stereocenters. The van der Waals surface area contributed by atoms with Gasteiger partial charge in [0.2, 0.25) is 0 Å². The normalized spacial score (nSPS) is 13.3. The highest BCUT2D eigenvalue weighted by Crippen LogP contribution is 2.37. The zero-order valence-electron chi connectivity index (χ0n) is 52.7. The van der Waals surface area contributed by atoms with Crippen LogP contribution in [-0.4, -0.2) is 174 Å².